The molecule has 0 bridgehead atoms. The Bertz CT molecular complexity index is 487. The van der Waals surface area contributed by atoms with Crippen LogP contribution in [0.15, 0.2) is 16.6 Å². The van der Waals surface area contributed by atoms with E-state index in [4.69, 9.17) is 9.84 Å². The molecule has 1 heterocycles. The van der Waals surface area contributed by atoms with E-state index < -0.39 is 11.8 Å². The fourth-order valence-corrected chi connectivity index (χ4v) is 2.57. The van der Waals surface area contributed by atoms with Gasteiger partial charge in [-0.15, -0.1) is 0 Å². The lowest BCUT2D eigenvalue weighted by Crippen LogP contribution is -2.35. The minimum atomic E-state index is -1.17. The molecule has 0 aliphatic carbocycles. The van der Waals surface area contributed by atoms with Crippen molar-refractivity contribution >= 4 is 21.9 Å². The van der Waals surface area contributed by atoms with Gasteiger partial charge in [0.05, 0.1) is 10.0 Å². The molecule has 0 amide bonds. The van der Waals surface area contributed by atoms with Crippen molar-refractivity contribution < 1.29 is 19.0 Å². The number of ether oxygens (including phenoxy) is 1. The maximum atomic E-state index is 14.0. The van der Waals surface area contributed by atoms with Crippen LogP contribution in [-0.2, 0) is 0 Å². The summed E-state index contributed by atoms with van der Waals surface area (Å²) in [4.78, 5) is 13.1. The molecule has 0 radical (unpaired) electrons. The number of likely N-dealkylation sites (tertiary alicyclic amines) is 1. The Morgan fingerprint density at radius 2 is 2.11 bits per heavy atom. The zero-order chi connectivity index (χ0) is 14.0. The summed E-state index contributed by atoms with van der Waals surface area (Å²) < 4.78 is 19.6. The molecule has 0 atom stereocenters. The summed E-state index contributed by atoms with van der Waals surface area (Å²) in [6, 6.07) is 2.72. The number of carbonyl (C=O) groups is 1. The SMILES string of the molecule is CN1CCC(Oc2ccc(C(=O)O)c(Br)c2F)CC1. The molecule has 1 fully saturated rings. The number of carboxylic acids is 1. The number of halogens is 2. The Hall–Kier alpha value is -1.14. The summed E-state index contributed by atoms with van der Waals surface area (Å²) >= 11 is 2.96. The number of rotatable bonds is 3. The van der Waals surface area contributed by atoms with Crippen molar-refractivity contribution in [3.8, 4) is 5.75 Å². The highest BCUT2D eigenvalue weighted by Gasteiger charge is 2.22. The number of benzene rings is 1. The second-order valence-corrected chi connectivity index (χ2v) is 5.46. The molecular formula is C13H15BrFNO3. The smallest absolute Gasteiger partial charge is 0.336 e. The van der Waals surface area contributed by atoms with E-state index in [2.05, 4.69) is 20.8 Å². The Labute approximate surface area is 119 Å². The van der Waals surface area contributed by atoms with E-state index in [-0.39, 0.29) is 21.9 Å². The van der Waals surface area contributed by atoms with Crippen molar-refractivity contribution in [3.63, 3.8) is 0 Å². The molecule has 4 nitrogen and oxygen atoms in total. The normalized spacial score (nSPS) is 17.4. The lowest BCUT2D eigenvalue weighted by atomic mass is 10.1. The maximum Gasteiger partial charge on any atom is 0.336 e. The van der Waals surface area contributed by atoms with Gasteiger partial charge in [-0.1, -0.05) is 0 Å². The summed E-state index contributed by atoms with van der Waals surface area (Å²) in [5, 5.41) is 8.89. The molecule has 1 aromatic rings. The second-order valence-electron chi connectivity index (χ2n) is 4.66. The van der Waals surface area contributed by atoms with Gasteiger partial charge in [0.15, 0.2) is 11.6 Å². The van der Waals surface area contributed by atoms with Crippen LogP contribution in [-0.4, -0.2) is 42.2 Å². The van der Waals surface area contributed by atoms with Crippen LogP contribution >= 0.6 is 15.9 Å². The number of hydrogen-bond donors (Lipinski definition) is 1. The van der Waals surface area contributed by atoms with E-state index in [0.29, 0.717) is 0 Å². The average molecular weight is 332 g/mol. The quantitative estimate of drug-likeness (QED) is 0.925. The van der Waals surface area contributed by atoms with Crippen LogP contribution in [0, 0.1) is 5.82 Å². The van der Waals surface area contributed by atoms with Gasteiger partial charge in [0, 0.05) is 13.1 Å². The number of hydrogen-bond acceptors (Lipinski definition) is 3. The number of piperidine rings is 1. The van der Waals surface area contributed by atoms with Gasteiger partial charge in [0.1, 0.15) is 6.10 Å². The van der Waals surface area contributed by atoms with Gasteiger partial charge in [-0.3, -0.25) is 0 Å². The highest BCUT2D eigenvalue weighted by atomic mass is 79.9. The van der Waals surface area contributed by atoms with Crippen molar-refractivity contribution in [2.45, 2.75) is 18.9 Å². The van der Waals surface area contributed by atoms with Gasteiger partial charge in [-0.2, -0.15) is 0 Å². The van der Waals surface area contributed by atoms with Crippen molar-refractivity contribution in [2.75, 3.05) is 20.1 Å². The minimum absolute atomic E-state index is 0.0201. The maximum absolute atomic E-state index is 14.0. The van der Waals surface area contributed by atoms with Crippen LogP contribution in [0.5, 0.6) is 5.75 Å². The molecule has 19 heavy (non-hydrogen) atoms. The number of nitrogens with zero attached hydrogens (tertiary/aromatic N) is 1. The van der Waals surface area contributed by atoms with Crippen LogP contribution in [0.2, 0.25) is 0 Å². The fourth-order valence-electron chi connectivity index (χ4n) is 2.07. The van der Waals surface area contributed by atoms with E-state index in [9.17, 15) is 9.18 Å². The molecule has 104 valence electrons. The first-order valence-electron chi connectivity index (χ1n) is 6.05. The summed E-state index contributed by atoms with van der Waals surface area (Å²) in [5.41, 5.74) is -0.103. The lowest BCUT2D eigenvalue weighted by molar-refractivity contribution is 0.0694. The van der Waals surface area contributed by atoms with Crippen LogP contribution < -0.4 is 4.74 Å². The first-order valence-corrected chi connectivity index (χ1v) is 6.85. The molecule has 1 aromatic carbocycles. The van der Waals surface area contributed by atoms with Crippen LogP contribution in [0.1, 0.15) is 23.2 Å². The van der Waals surface area contributed by atoms with E-state index >= 15 is 0 Å². The Balaban J connectivity index is 2.13. The molecule has 1 saturated heterocycles. The first-order chi connectivity index (χ1) is 8.99. The molecule has 0 spiro atoms. The van der Waals surface area contributed by atoms with Gasteiger partial charge in [-0.05, 0) is 48.0 Å². The zero-order valence-electron chi connectivity index (χ0n) is 10.5. The standard InChI is InChI=1S/C13H15BrFNO3/c1-16-6-4-8(5-7-16)19-10-3-2-9(13(17)18)11(14)12(10)15/h2-3,8H,4-7H2,1H3,(H,17,18). The number of aromatic carboxylic acids is 1. The Kier molecular flexibility index (Phi) is 4.42. The third-order valence-electron chi connectivity index (χ3n) is 3.24. The summed E-state index contributed by atoms with van der Waals surface area (Å²) in [5.74, 6) is -1.72. The molecule has 0 unspecified atom stereocenters. The minimum Gasteiger partial charge on any atom is -0.487 e. The average Bonchev–Trinajstić information content (AvgIpc) is 2.37. The monoisotopic (exact) mass is 331 g/mol. The largest absolute Gasteiger partial charge is 0.487 e. The predicted octanol–water partition coefficient (Wildman–Crippen LogP) is 2.76. The van der Waals surface area contributed by atoms with Crippen molar-refractivity contribution in [2.24, 2.45) is 0 Å². The third-order valence-corrected chi connectivity index (χ3v) is 4.01. The summed E-state index contributed by atoms with van der Waals surface area (Å²) in [6.07, 6.45) is 1.66. The molecule has 0 aromatic heterocycles. The zero-order valence-corrected chi connectivity index (χ0v) is 12.1. The molecule has 0 saturated carbocycles. The highest BCUT2D eigenvalue weighted by molar-refractivity contribution is 9.10. The molecule has 2 rings (SSSR count). The van der Waals surface area contributed by atoms with E-state index in [0.717, 1.165) is 25.9 Å². The lowest BCUT2D eigenvalue weighted by Gasteiger charge is -2.29. The van der Waals surface area contributed by atoms with Crippen LogP contribution in [0.3, 0.4) is 0 Å². The van der Waals surface area contributed by atoms with Gasteiger partial charge in [-0.25, -0.2) is 9.18 Å². The first kappa shape index (κ1) is 14.3. The summed E-state index contributed by atoms with van der Waals surface area (Å²) in [6.45, 7) is 1.83. The molecule has 1 aliphatic heterocycles. The number of carboxylic acid groups (broad SMARTS) is 1. The van der Waals surface area contributed by atoms with Gasteiger partial charge in [0.25, 0.3) is 0 Å². The van der Waals surface area contributed by atoms with Gasteiger partial charge < -0.3 is 14.7 Å². The molecular weight excluding hydrogens is 317 g/mol. The van der Waals surface area contributed by atoms with E-state index in [1.165, 1.54) is 12.1 Å². The van der Waals surface area contributed by atoms with Crippen molar-refractivity contribution in [1.29, 1.82) is 0 Å². The Morgan fingerprint density at radius 1 is 1.47 bits per heavy atom. The topological polar surface area (TPSA) is 49.8 Å². The van der Waals surface area contributed by atoms with Crippen LogP contribution in [0.4, 0.5) is 4.39 Å². The third kappa shape index (κ3) is 3.25. The van der Waals surface area contributed by atoms with Gasteiger partial charge >= 0.3 is 5.97 Å². The van der Waals surface area contributed by atoms with Gasteiger partial charge in [0.2, 0.25) is 0 Å². The second kappa shape index (κ2) is 5.88. The van der Waals surface area contributed by atoms with Crippen molar-refractivity contribution in [3.05, 3.63) is 28.0 Å². The fraction of sp³-hybridized carbons (Fsp3) is 0.462. The van der Waals surface area contributed by atoms with E-state index in [1.807, 2.05) is 7.05 Å². The highest BCUT2D eigenvalue weighted by Crippen LogP contribution is 2.30. The molecule has 1 N–H and O–H groups in total. The van der Waals surface area contributed by atoms with Crippen molar-refractivity contribution in [1.82, 2.24) is 4.90 Å². The van der Waals surface area contributed by atoms with Crippen LogP contribution in [0.25, 0.3) is 0 Å². The summed E-state index contributed by atoms with van der Waals surface area (Å²) in [7, 11) is 2.04. The predicted molar refractivity (Wildman–Crippen MR) is 72.2 cm³/mol. The molecule has 1 aliphatic rings. The Morgan fingerprint density at radius 3 is 2.68 bits per heavy atom. The van der Waals surface area contributed by atoms with E-state index in [1.54, 1.807) is 0 Å². The molecule has 6 heteroatoms.